The van der Waals surface area contributed by atoms with Crippen LogP contribution in [0.15, 0.2) is 48.7 Å². The first-order valence-electron chi connectivity index (χ1n) is 18.7. The van der Waals surface area contributed by atoms with E-state index >= 15 is 0 Å². The normalized spacial score (nSPS) is 24.5. The van der Waals surface area contributed by atoms with Crippen molar-refractivity contribution in [3.8, 4) is 11.8 Å². The van der Waals surface area contributed by atoms with Gasteiger partial charge >= 0.3 is 0 Å². The summed E-state index contributed by atoms with van der Waals surface area (Å²) in [6.45, 7) is 11.2. The number of nitrogens with one attached hydrogen (secondary N) is 2. The summed E-state index contributed by atoms with van der Waals surface area (Å²) < 4.78 is 6.36. The Morgan fingerprint density at radius 2 is 1.60 bits per heavy atom. The molecule has 8 rings (SSSR count). The minimum absolute atomic E-state index is 0.0863. The van der Waals surface area contributed by atoms with Gasteiger partial charge in [-0.2, -0.15) is 5.26 Å². The maximum Gasteiger partial charge on any atom is 0.270 e. The van der Waals surface area contributed by atoms with Gasteiger partial charge in [-0.1, -0.05) is 39.3 Å². The molecule has 2 N–H and O–H groups in total. The molecule has 1 atom stereocenters. The van der Waals surface area contributed by atoms with E-state index in [1.807, 2.05) is 18.2 Å². The van der Waals surface area contributed by atoms with Crippen LogP contribution in [-0.2, 0) is 22.7 Å². The number of halogens is 1. The lowest BCUT2D eigenvalue weighted by molar-refractivity contribution is -0.164. The van der Waals surface area contributed by atoms with Crippen molar-refractivity contribution in [2.24, 2.45) is 10.8 Å². The molecule has 0 radical (unpaired) electrons. The van der Waals surface area contributed by atoms with Crippen LogP contribution in [-0.4, -0.2) is 81.6 Å². The van der Waals surface area contributed by atoms with E-state index in [0.717, 1.165) is 47.6 Å². The first-order valence-corrected chi connectivity index (χ1v) is 19.0. The van der Waals surface area contributed by atoms with Gasteiger partial charge in [-0.3, -0.25) is 39.1 Å². The number of amides is 5. The number of imide groups is 2. The molecule has 4 aliphatic heterocycles. The largest absolute Gasteiger partial charge is 0.489 e. The van der Waals surface area contributed by atoms with Crippen LogP contribution in [0.4, 0.5) is 5.69 Å². The molecule has 1 aliphatic carbocycles. The zero-order chi connectivity index (χ0) is 39.0. The highest BCUT2D eigenvalue weighted by molar-refractivity contribution is 6.31. The molecule has 1 saturated carbocycles. The lowest BCUT2D eigenvalue weighted by atomic mass is 9.49. The van der Waals surface area contributed by atoms with E-state index in [9.17, 15) is 29.2 Å². The van der Waals surface area contributed by atoms with Crippen LogP contribution in [0.25, 0.3) is 0 Å². The number of nitrogens with zero attached hydrogens (tertiary/aromatic N) is 5. The molecule has 2 saturated heterocycles. The zero-order valence-electron chi connectivity index (χ0n) is 31.1. The Morgan fingerprint density at radius 3 is 2.16 bits per heavy atom. The van der Waals surface area contributed by atoms with E-state index in [1.165, 1.54) is 0 Å². The molecule has 284 valence electrons. The zero-order valence-corrected chi connectivity index (χ0v) is 31.9. The van der Waals surface area contributed by atoms with E-state index in [1.54, 1.807) is 30.5 Å². The summed E-state index contributed by atoms with van der Waals surface area (Å²) in [5, 5.41) is 15.0. The summed E-state index contributed by atoms with van der Waals surface area (Å²) in [6, 6.07) is 13.6. The SMILES string of the molecule is CC1(C)[C@H](NC(=O)c2ccc(N3CCC(N4Cc5cc6c(cc5C4)C(=O)N(C4CCC(=O)NC4=O)C6=O)CC3)cn2)C(C)(C)[C@H]1Oc1ccc(C#N)c(Cl)c1. The molecule has 5 amide bonds. The molecular weight excluding hydrogens is 722 g/mol. The van der Waals surface area contributed by atoms with Crippen molar-refractivity contribution in [1.82, 2.24) is 25.4 Å². The molecular formula is C41H42ClN7O6. The van der Waals surface area contributed by atoms with Gasteiger partial charge < -0.3 is 15.0 Å². The predicted octanol–water partition coefficient (Wildman–Crippen LogP) is 4.60. The van der Waals surface area contributed by atoms with Gasteiger partial charge in [-0.05, 0) is 66.8 Å². The van der Waals surface area contributed by atoms with E-state index in [-0.39, 0.29) is 30.9 Å². The number of hydrogen-bond donors (Lipinski definition) is 2. The summed E-state index contributed by atoms with van der Waals surface area (Å²) in [5.74, 6) is -1.65. The Bertz CT molecular complexity index is 2130. The number of carbonyl (C=O) groups is 5. The second-order valence-electron chi connectivity index (χ2n) is 16.4. The molecule has 5 aliphatic rings. The summed E-state index contributed by atoms with van der Waals surface area (Å²) >= 11 is 6.24. The van der Waals surface area contributed by atoms with Crippen LogP contribution >= 0.6 is 11.6 Å². The van der Waals surface area contributed by atoms with Crippen LogP contribution in [0.3, 0.4) is 0 Å². The second kappa shape index (κ2) is 13.5. The van der Waals surface area contributed by atoms with Crippen molar-refractivity contribution < 1.29 is 28.7 Å². The van der Waals surface area contributed by atoms with Crippen molar-refractivity contribution in [1.29, 1.82) is 5.26 Å². The highest BCUT2D eigenvalue weighted by Crippen LogP contribution is 2.55. The van der Waals surface area contributed by atoms with Gasteiger partial charge in [0.2, 0.25) is 11.8 Å². The highest BCUT2D eigenvalue weighted by atomic mass is 35.5. The number of rotatable bonds is 7. The van der Waals surface area contributed by atoms with E-state index in [2.05, 4.69) is 59.2 Å². The van der Waals surface area contributed by atoms with Crippen molar-refractivity contribution in [2.75, 3.05) is 18.0 Å². The first-order chi connectivity index (χ1) is 26.2. The smallest absolute Gasteiger partial charge is 0.270 e. The number of benzene rings is 2. The number of carbonyl (C=O) groups excluding carboxylic acids is 5. The topological polar surface area (TPSA) is 165 Å². The Balaban J connectivity index is 0.846. The molecule has 13 nitrogen and oxygen atoms in total. The lowest BCUT2D eigenvalue weighted by Gasteiger charge is -2.63. The number of hydrogen-bond acceptors (Lipinski definition) is 10. The molecule has 0 spiro atoms. The predicted molar refractivity (Wildman–Crippen MR) is 201 cm³/mol. The number of fused-ring (bicyclic) bond motifs is 2. The molecule has 3 aromatic rings. The number of nitriles is 1. The van der Waals surface area contributed by atoms with Gasteiger partial charge in [-0.15, -0.1) is 0 Å². The van der Waals surface area contributed by atoms with Gasteiger partial charge in [0.1, 0.15) is 29.7 Å². The van der Waals surface area contributed by atoms with Crippen molar-refractivity contribution >= 4 is 46.8 Å². The van der Waals surface area contributed by atoms with E-state index in [0.29, 0.717) is 52.3 Å². The van der Waals surface area contributed by atoms with Crippen LogP contribution in [0.5, 0.6) is 5.75 Å². The fourth-order valence-corrected chi connectivity index (χ4v) is 9.86. The first kappa shape index (κ1) is 36.6. The average molecular weight is 764 g/mol. The van der Waals surface area contributed by atoms with Gasteiger partial charge in [0.05, 0.1) is 33.6 Å². The number of pyridine rings is 1. The minimum Gasteiger partial charge on any atom is -0.489 e. The van der Waals surface area contributed by atoms with Gasteiger partial charge in [0, 0.05) is 61.6 Å². The highest BCUT2D eigenvalue weighted by Gasteiger charge is 2.64. The van der Waals surface area contributed by atoms with Crippen molar-refractivity contribution in [2.45, 2.75) is 90.7 Å². The van der Waals surface area contributed by atoms with Gasteiger partial charge in [-0.25, -0.2) is 4.98 Å². The Hall–Kier alpha value is -5.32. The summed E-state index contributed by atoms with van der Waals surface area (Å²) in [7, 11) is 0. The summed E-state index contributed by atoms with van der Waals surface area (Å²) in [6.07, 6.45) is 3.60. The van der Waals surface area contributed by atoms with Crippen LogP contribution in [0.1, 0.15) is 101 Å². The van der Waals surface area contributed by atoms with Crippen molar-refractivity contribution in [3.05, 3.63) is 87.2 Å². The molecule has 14 heteroatoms. The van der Waals surface area contributed by atoms with E-state index < -0.39 is 40.5 Å². The quantitative estimate of drug-likeness (QED) is 0.325. The molecule has 3 fully saturated rings. The summed E-state index contributed by atoms with van der Waals surface area (Å²) in [5.41, 5.74) is 3.55. The van der Waals surface area contributed by atoms with E-state index in [4.69, 9.17) is 16.3 Å². The second-order valence-corrected chi connectivity index (χ2v) is 16.8. The molecule has 1 unspecified atom stereocenters. The molecule has 2 aromatic carbocycles. The Morgan fingerprint density at radius 1 is 0.945 bits per heavy atom. The third-order valence-corrected chi connectivity index (χ3v) is 12.6. The minimum atomic E-state index is -0.977. The maximum absolute atomic E-state index is 13.4. The summed E-state index contributed by atoms with van der Waals surface area (Å²) in [4.78, 5) is 74.4. The molecule has 0 bridgehead atoms. The van der Waals surface area contributed by atoms with Crippen LogP contribution < -0.4 is 20.3 Å². The monoisotopic (exact) mass is 763 g/mol. The molecule has 55 heavy (non-hydrogen) atoms. The van der Waals surface area contributed by atoms with Gasteiger partial charge in [0.25, 0.3) is 17.7 Å². The average Bonchev–Trinajstić information content (AvgIpc) is 3.69. The number of ether oxygens (including phenoxy) is 1. The molecule has 5 heterocycles. The number of aromatic nitrogens is 1. The maximum atomic E-state index is 13.4. The Labute approximate surface area is 323 Å². The Kier molecular flexibility index (Phi) is 8.97. The van der Waals surface area contributed by atoms with Gasteiger partial charge in [0.15, 0.2) is 0 Å². The fourth-order valence-electron chi connectivity index (χ4n) is 9.65. The van der Waals surface area contributed by atoms with Crippen molar-refractivity contribution in [3.63, 3.8) is 0 Å². The van der Waals surface area contributed by atoms with Crippen LogP contribution in [0, 0.1) is 22.2 Å². The molecule has 1 aromatic heterocycles. The number of anilines is 1. The third kappa shape index (κ3) is 6.21. The standard InChI is InChI=1S/C41H42ClN7O6/c1-40(2)38(41(3,4)39(40)55-27-7-5-22(18-43)30(42)17-27)46-34(51)31-8-6-26(19-44-31)47-13-11-25(12-14-47)48-20-23-15-28-29(16-24(23)21-48)37(54)49(36(28)53)32-9-10-33(50)45-35(32)52/h5-8,15-17,19,25,32,38-39H,9-14,20-21H2,1-4H3,(H,46,51)(H,45,50,52)/t32?,38-,39-. The van der Waals surface area contributed by atoms with Crippen LogP contribution in [0.2, 0.25) is 5.02 Å². The lowest BCUT2D eigenvalue weighted by Crippen LogP contribution is -2.74. The third-order valence-electron chi connectivity index (χ3n) is 12.3. The fraction of sp³-hybridized carbons (Fsp3) is 0.439. The number of piperidine rings is 2.